The number of amides is 1. The third-order valence-electron chi connectivity index (χ3n) is 4.22. The minimum Gasteiger partial charge on any atom is -0.353 e. The third kappa shape index (κ3) is 3.60. The minimum absolute atomic E-state index is 0.126. The Labute approximate surface area is 125 Å². The summed E-state index contributed by atoms with van der Waals surface area (Å²) in [4.78, 5) is 14.5. The zero-order chi connectivity index (χ0) is 14.5. The molecule has 1 fully saturated rings. The Morgan fingerprint density at radius 3 is 3.05 bits per heavy atom. The van der Waals surface area contributed by atoms with Gasteiger partial charge in [0.1, 0.15) is 0 Å². The zero-order valence-corrected chi connectivity index (χ0v) is 12.3. The van der Waals surface area contributed by atoms with E-state index in [0.29, 0.717) is 0 Å². The molecule has 0 aromatic carbocycles. The molecule has 1 aromatic rings. The summed E-state index contributed by atoms with van der Waals surface area (Å²) in [7, 11) is 0. The van der Waals surface area contributed by atoms with Crippen molar-refractivity contribution in [2.45, 2.75) is 44.6 Å². The second-order valence-corrected chi connectivity index (χ2v) is 5.82. The van der Waals surface area contributed by atoms with Crippen LogP contribution in [0.4, 0.5) is 5.82 Å². The number of rotatable bonds is 3. The summed E-state index contributed by atoms with van der Waals surface area (Å²) in [5.41, 5.74) is 0.970. The standard InChI is InChI=1S/C16H22N4O/c21-16(13-6-2-1-3-7-13)18-14-8-5-11-20(12-14)15-9-4-10-17-19-15/h4,6,9-10,14H,1-3,5,7-8,11-12H2,(H,18,21)/t14-/m1/s1. The van der Waals surface area contributed by atoms with Crippen molar-refractivity contribution in [3.8, 4) is 0 Å². The van der Waals surface area contributed by atoms with E-state index in [-0.39, 0.29) is 11.9 Å². The van der Waals surface area contributed by atoms with E-state index in [9.17, 15) is 4.79 Å². The summed E-state index contributed by atoms with van der Waals surface area (Å²) in [6, 6.07) is 4.08. The van der Waals surface area contributed by atoms with Crippen molar-refractivity contribution >= 4 is 11.7 Å². The number of allylic oxidation sites excluding steroid dienone is 1. The Morgan fingerprint density at radius 2 is 2.29 bits per heavy atom. The number of nitrogens with one attached hydrogen (secondary N) is 1. The highest BCUT2D eigenvalue weighted by molar-refractivity contribution is 5.93. The molecule has 5 heteroatoms. The van der Waals surface area contributed by atoms with E-state index in [2.05, 4.69) is 26.5 Å². The van der Waals surface area contributed by atoms with Crippen molar-refractivity contribution in [1.29, 1.82) is 0 Å². The molecule has 112 valence electrons. The molecule has 1 atom stereocenters. The number of aromatic nitrogens is 2. The van der Waals surface area contributed by atoms with Crippen molar-refractivity contribution in [3.05, 3.63) is 30.0 Å². The Morgan fingerprint density at radius 1 is 1.33 bits per heavy atom. The summed E-state index contributed by atoms with van der Waals surface area (Å²) >= 11 is 0. The maximum absolute atomic E-state index is 12.3. The quantitative estimate of drug-likeness (QED) is 0.924. The Balaban J connectivity index is 1.59. The molecule has 1 aliphatic heterocycles. The van der Waals surface area contributed by atoms with Gasteiger partial charge in [0, 0.05) is 30.9 Å². The van der Waals surface area contributed by atoms with Crippen LogP contribution in [0.2, 0.25) is 0 Å². The Bertz CT molecular complexity index is 514. The maximum Gasteiger partial charge on any atom is 0.247 e. The SMILES string of the molecule is O=C(N[C@@H]1CCCN(c2cccnn2)C1)C1=CCCCC1. The number of carbonyl (C=O) groups is 1. The predicted molar refractivity (Wildman–Crippen MR) is 82.0 cm³/mol. The van der Waals surface area contributed by atoms with Crippen LogP contribution in [0.5, 0.6) is 0 Å². The topological polar surface area (TPSA) is 58.1 Å². The molecule has 0 bridgehead atoms. The van der Waals surface area contributed by atoms with Gasteiger partial charge in [-0.3, -0.25) is 4.79 Å². The number of hydrogen-bond donors (Lipinski definition) is 1. The van der Waals surface area contributed by atoms with Gasteiger partial charge in [0.2, 0.25) is 5.91 Å². The summed E-state index contributed by atoms with van der Waals surface area (Å²) in [5.74, 6) is 1.02. The fraction of sp³-hybridized carbons (Fsp3) is 0.562. The predicted octanol–water partition coefficient (Wildman–Crippen LogP) is 2.06. The fourth-order valence-corrected chi connectivity index (χ4v) is 3.09. The van der Waals surface area contributed by atoms with Gasteiger partial charge in [-0.25, -0.2) is 0 Å². The minimum atomic E-state index is 0.126. The molecule has 2 aliphatic rings. The molecule has 3 rings (SSSR count). The van der Waals surface area contributed by atoms with Crippen LogP contribution in [-0.2, 0) is 4.79 Å². The molecular weight excluding hydrogens is 264 g/mol. The largest absolute Gasteiger partial charge is 0.353 e. The monoisotopic (exact) mass is 286 g/mol. The van der Waals surface area contributed by atoms with Gasteiger partial charge in [-0.05, 0) is 50.7 Å². The lowest BCUT2D eigenvalue weighted by atomic mass is 9.98. The first-order valence-electron chi connectivity index (χ1n) is 7.85. The molecule has 1 amide bonds. The third-order valence-corrected chi connectivity index (χ3v) is 4.22. The molecule has 1 aliphatic carbocycles. The van der Waals surface area contributed by atoms with E-state index in [4.69, 9.17) is 0 Å². The second-order valence-electron chi connectivity index (χ2n) is 5.82. The first kappa shape index (κ1) is 14.0. The maximum atomic E-state index is 12.3. The van der Waals surface area contributed by atoms with E-state index < -0.39 is 0 Å². The smallest absolute Gasteiger partial charge is 0.247 e. The molecule has 21 heavy (non-hydrogen) atoms. The van der Waals surface area contributed by atoms with Crippen molar-refractivity contribution in [3.63, 3.8) is 0 Å². The highest BCUT2D eigenvalue weighted by Gasteiger charge is 2.23. The molecule has 2 heterocycles. The summed E-state index contributed by atoms with van der Waals surface area (Å²) < 4.78 is 0. The lowest BCUT2D eigenvalue weighted by molar-refractivity contribution is -0.118. The van der Waals surface area contributed by atoms with Gasteiger partial charge in [-0.1, -0.05) is 6.08 Å². The zero-order valence-electron chi connectivity index (χ0n) is 12.3. The van der Waals surface area contributed by atoms with Crippen LogP contribution in [-0.4, -0.2) is 35.2 Å². The number of hydrogen-bond acceptors (Lipinski definition) is 4. The number of piperidine rings is 1. The molecule has 1 N–H and O–H groups in total. The average Bonchev–Trinajstić information content (AvgIpc) is 2.57. The number of carbonyl (C=O) groups excluding carboxylic acids is 1. The van der Waals surface area contributed by atoms with Gasteiger partial charge < -0.3 is 10.2 Å². The molecular formula is C16H22N4O. The van der Waals surface area contributed by atoms with Gasteiger partial charge >= 0.3 is 0 Å². The Hall–Kier alpha value is -1.91. The number of anilines is 1. The van der Waals surface area contributed by atoms with Gasteiger partial charge in [0.15, 0.2) is 5.82 Å². The van der Waals surface area contributed by atoms with Crippen LogP contribution in [0.15, 0.2) is 30.0 Å². The van der Waals surface area contributed by atoms with Crippen LogP contribution in [0.3, 0.4) is 0 Å². The van der Waals surface area contributed by atoms with Gasteiger partial charge in [0.05, 0.1) is 0 Å². The Kier molecular flexibility index (Phi) is 4.48. The van der Waals surface area contributed by atoms with Crippen LogP contribution in [0.25, 0.3) is 0 Å². The molecule has 5 nitrogen and oxygen atoms in total. The van der Waals surface area contributed by atoms with E-state index in [1.807, 2.05) is 12.1 Å². The van der Waals surface area contributed by atoms with Gasteiger partial charge in [0.25, 0.3) is 0 Å². The molecule has 1 aromatic heterocycles. The van der Waals surface area contributed by atoms with Gasteiger partial charge in [-0.2, -0.15) is 5.10 Å². The van der Waals surface area contributed by atoms with Crippen molar-refractivity contribution in [1.82, 2.24) is 15.5 Å². The second kappa shape index (κ2) is 6.70. The van der Waals surface area contributed by atoms with E-state index in [1.54, 1.807) is 6.20 Å². The normalized spacial score (nSPS) is 22.6. The van der Waals surface area contributed by atoms with E-state index in [1.165, 1.54) is 6.42 Å². The summed E-state index contributed by atoms with van der Waals surface area (Å²) in [5, 5.41) is 11.3. The lowest BCUT2D eigenvalue weighted by Crippen LogP contribution is -2.48. The van der Waals surface area contributed by atoms with Crippen LogP contribution < -0.4 is 10.2 Å². The average molecular weight is 286 g/mol. The molecule has 0 saturated carbocycles. The summed E-state index contributed by atoms with van der Waals surface area (Å²) in [6.45, 7) is 1.80. The van der Waals surface area contributed by atoms with Crippen molar-refractivity contribution in [2.75, 3.05) is 18.0 Å². The van der Waals surface area contributed by atoms with Crippen molar-refractivity contribution < 1.29 is 4.79 Å². The van der Waals surface area contributed by atoms with Crippen LogP contribution >= 0.6 is 0 Å². The molecule has 0 radical (unpaired) electrons. The fourth-order valence-electron chi connectivity index (χ4n) is 3.09. The van der Waals surface area contributed by atoms with Gasteiger partial charge in [-0.15, -0.1) is 5.10 Å². The number of nitrogens with zero attached hydrogens (tertiary/aromatic N) is 3. The lowest BCUT2D eigenvalue weighted by Gasteiger charge is -2.33. The first-order valence-corrected chi connectivity index (χ1v) is 7.85. The highest BCUT2D eigenvalue weighted by atomic mass is 16.1. The van der Waals surface area contributed by atoms with Crippen LogP contribution in [0, 0.1) is 0 Å². The first-order chi connectivity index (χ1) is 10.3. The molecule has 1 saturated heterocycles. The molecule has 0 unspecified atom stereocenters. The van der Waals surface area contributed by atoms with Crippen molar-refractivity contribution in [2.24, 2.45) is 0 Å². The molecule has 0 spiro atoms. The van der Waals surface area contributed by atoms with E-state index >= 15 is 0 Å². The van der Waals surface area contributed by atoms with Crippen LogP contribution in [0.1, 0.15) is 38.5 Å². The summed E-state index contributed by atoms with van der Waals surface area (Å²) in [6.07, 6.45) is 10.2. The van der Waals surface area contributed by atoms with E-state index in [0.717, 1.165) is 56.6 Å². The highest BCUT2D eigenvalue weighted by Crippen LogP contribution is 2.20.